The molecule has 0 atom stereocenters. The summed E-state index contributed by atoms with van der Waals surface area (Å²) in [7, 11) is 0. The summed E-state index contributed by atoms with van der Waals surface area (Å²) in [5, 5.41) is 1.19. The molecule has 0 saturated carbocycles. The number of aromatic nitrogens is 2. The van der Waals surface area contributed by atoms with Crippen LogP contribution in [0.1, 0.15) is 5.56 Å². The fourth-order valence-corrected chi connectivity index (χ4v) is 4.39. The van der Waals surface area contributed by atoms with Gasteiger partial charge in [0.25, 0.3) is 0 Å². The Labute approximate surface area is 130 Å². The van der Waals surface area contributed by atoms with Gasteiger partial charge in [-0.15, -0.1) is 11.3 Å². The Morgan fingerprint density at radius 3 is 2.81 bits per heavy atom. The first kappa shape index (κ1) is 12.8. The van der Waals surface area contributed by atoms with Gasteiger partial charge in [-0.25, -0.2) is 4.98 Å². The predicted octanol–water partition coefficient (Wildman–Crippen LogP) is 5.14. The molecule has 0 unspecified atom stereocenters. The Balaban J connectivity index is 1.63. The number of fused-ring (bicyclic) bond motifs is 2. The molecule has 2 heterocycles. The maximum absolute atomic E-state index is 4.67. The Kier molecular flexibility index (Phi) is 3.33. The normalized spacial score (nSPS) is 11.2. The zero-order valence-corrected chi connectivity index (χ0v) is 12.8. The van der Waals surface area contributed by atoms with Crippen molar-refractivity contribution >= 4 is 44.2 Å². The van der Waals surface area contributed by atoms with Gasteiger partial charge in [0.2, 0.25) is 0 Å². The number of nitrogens with zero attached hydrogens (tertiary/aromatic N) is 2. The van der Waals surface area contributed by atoms with E-state index >= 15 is 0 Å². The van der Waals surface area contributed by atoms with Gasteiger partial charge in [0.1, 0.15) is 0 Å². The molecule has 0 fully saturated rings. The van der Waals surface area contributed by atoms with Crippen LogP contribution in [0.2, 0.25) is 0 Å². The van der Waals surface area contributed by atoms with E-state index in [4.69, 9.17) is 0 Å². The number of thioether (sulfide) groups is 1. The maximum atomic E-state index is 4.67. The van der Waals surface area contributed by atoms with Crippen LogP contribution in [-0.4, -0.2) is 9.97 Å². The Morgan fingerprint density at radius 2 is 1.86 bits per heavy atom. The number of rotatable bonds is 3. The molecule has 0 saturated heterocycles. The molecule has 0 spiro atoms. The van der Waals surface area contributed by atoms with Crippen LogP contribution in [0.5, 0.6) is 0 Å². The molecule has 0 N–H and O–H groups in total. The van der Waals surface area contributed by atoms with Crippen LogP contribution in [0.3, 0.4) is 0 Å². The maximum Gasteiger partial charge on any atom is 0.151 e. The van der Waals surface area contributed by atoms with Crippen molar-refractivity contribution in [3.05, 3.63) is 66.4 Å². The molecule has 0 aliphatic heterocycles. The molecule has 4 rings (SSSR count). The van der Waals surface area contributed by atoms with Crippen molar-refractivity contribution < 1.29 is 0 Å². The highest BCUT2D eigenvalue weighted by atomic mass is 32.2. The highest BCUT2D eigenvalue weighted by molar-refractivity contribution is 8.00. The standard InChI is InChI=1S/C17H12N2S2/c1-2-9-15-14(8-1)19-17(21-15)20-11-13-6-3-5-12-7-4-10-18-16(12)13/h1-10H,11H2. The monoisotopic (exact) mass is 308 g/mol. The van der Waals surface area contributed by atoms with Crippen molar-refractivity contribution in [2.75, 3.05) is 0 Å². The second-order valence-electron chi connectivity index (χ2n) is 4.73. The van der Waals surface area contributed by atoms with E-state index in [9.17, 15) is 0 Å². The van der Waals surface area contributed by atoms with Crippen LogP contribution < -0.4 is 0 Å². The van der Waals surface area contributed by atoms with E-state index < -0.39 is 0 Å². The molecular weight excluding hydrogens is 296 g/mol. The topological polar surface area (TPSA) is 25.8 Å². The number of benzene rings is 2. The molecule has 0 bridgehead atoms. The number of hydrogen-bond acceptors (Lipinski definition) is 4. The van der Waals surface area contributed by atoms with Gasteiger partial charge in [0, 0.05) is 17.3 Å². The average Bonchev–Trinajstić information content (AvgIpc) is 2.96. The van der Waals surface area contributed by atoms with Gasteiger partial charge in [-0.05, 0) is 23.8 Å². The van der Waals surface area contributed by atoms with Gasteiger partial charge in [0.15, 0.2) is 4.34 Å². The van der Waals surface area contributed by atoms with Crippen molar-refractivity contribution in [2.45, 2.75) is 10.1 Å². The third-order valence-electron chi connectivity index (χ3n) is 3.34. The van der Waals surface area contributed by atoms with Gasteiger partial charge in [-0.2, -0.15) is 0 Å². The first-order chi connectivity index (χ1) is 10.4. The third-order valence-corrected chi connectivity index (χ3v) is 5.57. The summed E-state index contributed by atoms with van der Waals surface area (Å²) in [5.74, 6) is 0.897. The van der Waals surface area contributed by atoms with Crippen LogP contribution in [-0.2, 0) is 5.75 Å². The first-order valence-corrected chi connectivity index (χ1v) is 8.51. The van der Waals surface area contributed by atoms with Gasteiger partial charge in [0.05, 0.1) is 15.7 Å². The van der Waals surface area contributed by atoms with Crippen LogP contribution in [0.15, 0.2) is 65.1 Å². The van der Waals surface area contributed by atoms with E-state index in [0.29, 0.717) is 0 Å². The SMILES string of the molecule is c1cnc2c(CSc3nc4ccccc4s3)cccc2c1. The third kappa shape index (κ3) is 2.52. The van der Waals surface area contributed by atoms with E-state index in [1.54, 1.807) is 23.1 Å². The number of thiazole rings is 1. The zero-order chi connectivity index (χ0) is 14.1. The summed E-state index contributed by atoms with van der Waals surface area (Å²) in [4.78, 5) is 9.17. The summed E-state index contributed by atoms with van der Waals surface area (Å²) >= 11 is 3.53. The van der Waals surface area contributed by atoms with Crippen molar-refractivity contribution in [2.24, 2.45) is 0 Å². The summed E-state index contributed by atoms with van der Waals surface area (Å²) in [6, 6.07) is 18.7. The van der Waals surface area contributed by atoms with Crippen molar-refractivity contribution in [3.63, 3.8) is 0 Å². The first-order valence-electron chi connectivity index (χ1n) is 6.71. The fraction of sp³-hybridized carbons (Fsp3) is 0.0588. The van der Waals surface area contributed by atoms with Crippen molar-refractivity contribution in [3.8, 4) is 0 Å². The molecule has 2 aromatic carbocycles. The second kappa shape index (κ2) is 5.47. The Bertz CT molecular complexity index is 876. The minimum absolute atomic E-state index is 0.897. The lowest BCUT2D eigenvalue weighted by Crippen LogP contribution is -1.86. The average molecular weight is 308 g/mol. The molecule has 2 aromatic heterocycles. The molecule has 0 radical (unpaired) electrons. The number of pyridine rings is 1. The molecule has 0 amide bonds. The minimum Gasteiger partial charge on any atom is -0.256 e. The minimum atomic E-state index is 0.897. The van der Waals surface area contributed by atoms with E-state index in [1.165, 1.54) is 15.6 Å². The summed E-state index contributed by atoms with van der Waals surface area (Å²) in [5.41, 5.74) is 3.44. The highest BCUT2D eigenvalue weighted by Crippen LogP contribution is 2.32. The quantitative estimate of drug-likeness (QED) is 0.490. The smallest absolute Gasteiger partial charge is 0.151 e. The summed E-state index contributed by atoms with van der Waals surface area (Å²) in [6.07, 6.45) is 1.86. The second-order valence-corrected chi connectivity index (χ2v) is 6.98. The number of para-hydroxylation sites is 2. The Hall–Kier alpha value is -1.91. The lowest BCUT2D eigenvalue weighted by atomic mass is 10.1. The lowest BCUT2D eigenvalue weighted by molar-refractivity contribution is 1.29. The summed E-state index contributed by atoms with van der Waals surface area (Å²) in [6.45, 7) is 0. The molecule has 2 nitrogen and oxygen atoms in total. The van der Waals surface area contributed by atoms with Gasteiger partial charge in [-0.1, -0.05) is 48.2 Å². The zero-order valence-electron chi connectivity index (χ0n) is 11.2. The number of hydrogen-bond donors (Lipinski definition) is 0. The van der Waals surface area contributed by atoms with Gasteiger partial charge in [-0.3, -0.25) is 4.98 Å². The molecule has 0 aliphatic rings. The molecule has 4 heteroatoms. The van der Waals surface area contributed by atoms with Crippen molar-refractivity contribution in [1.29, 1.82) is 0 Å². The largest absolute Gasteiger partial charge is 0.256 e. The van der Waals surface area contributed by atoms with Crippen LogP contribution in [0, 0.1) is 0 Å². The lowest BCUT2D eigenvalue weighted by Gasteiger charge is -2.03. The molecular formula is C17H12N2S2. The molecule has 4 aromatic rings. The summed E-state index contributed by atoms with van der Waals surface area (Å²) < 4.78 is 2.36. The fourth-order valence-electron chi connectivity index (χ4n) is 2.34. The van der Waals surface area contributed by atoms with Crippen molar-refractivity contribution in [1.82, 2.24) is 9.97 Å². The van der Waals surface area contributed by atoms with E-state index in [1.807, 2.05) is 18.3 Å². The highest BCUT2D eigenvalue weighted by Gasteiger charge is 2.06. The molecule has 21 heavy (non-hydrogen) atoms. The van der Waals surface area contributed by atoms with Gasteiger partial charge < -0.3 is 0 Å². The van der Waals surface area contributed by atoms with Crippen LogP contribution in [0.25, 0.3) is 21.1 Å². The Morgan fingerprint density at radius 1 is 0.952 bits per heavy atom. The van der Waals surface area contributed by atoms with Gasteiger partial charge >= 0.3 is 0 Å². The van der Waals surface area contributed by atoms with Crippen LogP contribution in [0.4, 0.5) is 0 Å². The van der Waals surface area contributed by atoms with E-state index in [-0.39, 0.29) is 0 Å². The predicted molar refractivity (Wildman–Crippen MR) is 90.9 cm³/mol. The van der Waals surface area contributed by atoms with E-state index in [0.717, 1.165) is 21.1 Å². The molecule has 102 valence electrons. The van der Waals surface area contributed by atoms with Crippen LogP contribution >= 0.6 is 23.1 Å². The molecule has 0 aliphatic carbocycles. The van der Waals surface area contributed by atoms with E-state index in [2.05, 4.69) is 52.4 Å².